The molecule has 0 fully saturated rings. The maximum atomic E-state index is 10.9. The Kier molecular flexibility index (Phi) is 5.99. The fourth-order valence-corrected chi connectivity index (χ4v) is 2.44. The van der Waals surface area contributed by atoms with Gasteiger partial charge in [-0.05, 0) is 43.4 Å². The van der Waals surface area contributed by atoms with E-state index in [1.165, 1.54) is 0 Å². The average Bonchev–Trinajstić information content (AvgIpc) is 2.38. The number of sulfonamides is 1. The molecule has 0 saturated heterocycles. The number of hydrogen-bond donors (Lipinski definition) is 1. The number of rotatable bonds is 7. The fraction of sp³-hybridized carbons (Fsp3) is 0.500. The largest absolute Gasteiger partial charge is 0.493 e. The van der Waals surface area contributed by atoms with Gasteiger partial charge in [-0.2, -0.15) is 5.26 Å². The third kappa shape index (κ3) is 6.04. The van der Waals surface area contributed by atoms with E-state index in [4.69, 9.17) is 15.1 Å². The first-order valence-corrected chi connectivity index (χ1v) is 8.17. The lowest BCUT2D eigenvalue weighted by Gasteiger charge is -2.13. The number of ether oxygens (including phenoxy) is 1. The van der Waals surface area contributed by atoms with E-state index in [0.29, 0.717) is 24.3 Å². The van der Waals surface area contributed by atoms with Gasteiger partial charge in [0.2, 0.25) is 10.0 Å². The van der Waals surface area contributed by atoms with E-state index in [0.717, 1.165) is 12.0 Å². The molecule has 0 saturated carbocycles. The van der Waals surface area contributed by atoms with Gasteiger partial charge in [0.15, 0.2) is 0 Å². The van der Waals surface area contributed by atoms with E-state index in [9.17, 15) is 8.42 Å². The van der Waals surface area contributed by atoms with Gasteiger partial charge in [0.1, 0.15) is 5.75 Å². The normalized spacial score (nSPS) is 12.7. The van der Waals surface area contributed by atoms with Crippen LogP contribution in [-0.4, -0.2) is 20.8 Å². The highest BCUT2D eigenvalue weighted by molar-refractivity contribution is 7.89. The van der Waals surface area contributed by atoms with Crippen molar-refractivity contribution in [1.29, 1.82) is 5.26 Å². The average molecular weight is 296 g/mol. The Morgan fingerprint density at radius 1 is 1.40 bits per heavy atom. The molecule has 2 N–H and O–H groups in total. The fourth-order valence-electron chi connectivity index (χ4n) is 1.70. The smallest absolute Gasteiger partial charge is 0.209 e. The molecule has 1 unspecified atom stereocenters. The number of aryl methyl sites for hydroxylation is 1. The van der Waals surface area contributed by atoms with Crippen molar-refractivity contribution in [2.75, 3.05) is 12.4 Å². The number of hydrogen-bond acceptors (Lipinski definition) is 4. The van der Waals surface area contributed by atoms with Gasteiger partial charge < -0.3 is 4.74 Å². The third-order valence-electron chi connectivity index (χ3n) is 3.08. The lowest BCUT2D eigenvalue weighted by Crippen LogP contribution is -2.18. The van der Waals surface area contributed by atoms with E-state index >= 15 is 0 Å². The zero-order valence-corrected chi connectivity index (χ0v) is 12.6. The minimum atomic E-state index is -3.39. The molecule has 0 radical (unpaired) electrons. The minimum Gasteiger partial charge on any atom is -0.493 e. The third-order valence-corrected chi connectivity index (χ3v) is 3.89. The molecule has 0 aliphatic carbocycles. The Labute approximate surface area is 120 Å². The molecule has 1 atom stereocenters. The van der Waals surface area contributed by atoms with Gasteiger partial charge in [0, 0.05) is 0 Å². The van der Waals surface area contributed by atoms with Gasteiger partial charge >= 0.3 is 0 Å². The SMILES string of the molecule is Cc1ccc(C#N)cc1OCCC(C)CCS(N)(=O)=O. The molecule has 0 aliphatic rings. The Morgan fingerprint density at radius 2 is 2.10 bits per heavy atom. The Balaban J connectivity index is 2.43. The molecule has 0 heterocycles. The Bertz CT molecular complexity index is 591. The molecule has 0 spiro atoms. The second-order valence-corrected chi connectivity index (χ2v) is 6.72. The van der Waals surface area contributed by atoms with E-state index in [-0.39, 0.29) is 11.7 Å². The van der Waals surface area contributed by atoms with Crippen molar-refractivity contribution in [2.45, 2.75) is 26.7 Å². The van der Waals surface area contributed by atoms with Gasteiger partial charge in [-0.25, -0.2) is 13.6 Å². The minimum absolute atomic E-state index is 0.00287. The van der Waals surface area contributed by atoms with Crippen molar-refractivity contribution < 1.29 is 13.2 Å². The highest BCUT2D eigenvalue weighted by Gasteiger charge is 2.09. The molecule has 110 valence electrons. The molecule has 0 bridgehead atoms. The summed E-state index contributed by atoms with van der Waals surface area (Å²) in [4.78, 5) is 0. The van der Waals surface area contributed by atoms with Crippen molar-refractivity contribution in [3.63, 3.8) is 0 Å². The van der Waals surface area contributed by atoms with E-state index in [1.807, 2.05) is 19.9 Å². The second-order valence-electron chi connectivity index (χ2n) is 4.99. The van der Waals surface area contributed by atoms with Crippen LogP contribution in [0.1, 0.15) is 30.9 Å². The van der Waals surface area contributed by atoms with Crippen LogP contribution in [0.2, 0.25) is 0 Å². The van der Waals surface area contributed by atoms with Crippen molar-refractivity contribution in [2.24, 2.45) is 11.1 Å². The maximum absolute atomic E-state index is 10.9. The molecule has 6 heteroatoms. The molecule has 5 nitrogen and oxygen atoms in total. The molecule has 1 aromatic rings. The number of nitrogens with two attached hydrogens (primary N) is 1. The summed E-state index contributed by atoms with van der Waals surface area (Å²) < 4.78 is 27.4. The van der Waals surface area contributed by atoms with Crippen LogP contribution in [0.15, 0.2) is 18.2 Å². The molecule has 0 amide bonds. The quantitative estimate of drug-likeness (QED) is 0.832. The van der Waals surface area contributed by atoms with Gasteiger partial charge in [0.05, 0.1) is 24.0 Å². The molecular formula is C14H20N2O3S. The topological polar surface area (TPSA) is 93.2 Å². The standard InChI is InChI=1S/C14H20N2O3S/c1-11(6-8-20(16,17)18)5-7-19-14-9-13(10-15)4-3-12(14)2/h3-4,9,11H,5-8H2,1-2H3,(H2,16,17,18). The second kappa shape index (κ2) is 7.27. The zero-order chi connectivity index (χ0) is 15.2. The van der Waals surface area contributed by atoms with Crippen LogP contribution in [0.5, 0.6) is 5.75 Å². The lowest BCUT2D eigenvalue weighted by molar-refractivity contribution is 0.280. The van der Waals surface area contributed by atoms with Crippen molar-refractivity contribution >= 4 is 10.0 Å². The molecular weight excluding hydrogens is 276 g/mol. The molecule has 0 aromatic heterocycles. The van der Waals surface area contributed by atoms with Crippen LogP contribution in [0.4, 0.5) is 0 Å². The van der Waals surface area contributed by atoms with Crippen molar-refractivity contribution in [1.82, 2.24) is 0 Å². The van der Waals surface area contributed by atoms with Gasteiger partial charge in [-0.3, -0.25) is 0 Å². The highest BCUT2D eigenvalue weighted by atomic mass is 32.2. The number of benzene rings is 1. The summed E-state index contributed by atoms with van der Waals surface area (Å²) in [6.07, 6.45) is 1.27. The first-order valence-electron chi connectivity index (χ1n) is 6.46. The molecule has 1 rings (SSSR count). The summed E-state index contributed by atoms with van der Waals surface area (Å²) in [5, 5.41) is 13.8. The number of nitriles is 1. The molecule has 0 aliphatic heterocycles. The van der Waals surface area contributed by atoms with Crippen LogP contribution in [0.3, 0.4) is 0 Å². The summed E-state index contributed by atoms with van der Waals surface area (Å²) >= 11 is 0. The summed E-state index contributed by atoms with van der Waals surface area (Å²) in [6, 6.07) is 7.38. The van der Waals surface area contributed by atoms with Crippen LogP contribution >= 0.6 is 0 Å². The van der Waals surface area contributed by atoms with Crippen LogP contribution in [0, 0.1) is 24.2 Å². The summed E-state index contributed by atoms with van der Waals surface area (Å²) in [5.41, 5.74) is 1.54. The van der Waals surface area contributed by atoms with Crippen molar-refractivity contribution in [3.05, 3.63) is 29.3 Å². The monoisotopic (exact) mass is 296 g/mol. The highest BCUT2D eigenvalue weighted by Crippen LogP contribution is 2.20. The Morgan fingerprint density at radius 3 is 2.70 bits per heavy atom. The maximum Gasteiger partial charge on any atom is 0.209 e. The van der Waals surface area contributed by atoms with Gasteiger partial charge in [-0.1, -0.05) is 13.0 Å². The van der Waals surface area contributed by atoms with E-state index in [2.05, 4.69) is 6.07 Å². The van der Waals surface area contributed by atoms with Crippen LogP contribution in [0.25, 0.3) is 0 Å². The zero-order valence-electron chi connectivity index (χ0n) is 11.8. The van der Waals surface area contributed by atoms with Gasteiger partial charge in [-0.15, -0.1) is 0 Å². The molecule has 1 aromatic carbocycles. The van der Waals surface area contributed by atoms with Crippen LogP contribution < -0.4 is 9.88 Å². The van der Waals surface area contributed by atoms with E-state index in [1.54, 1.807) is 12.1 Å². The van der Waals surface area contributed by atoms with E-state index < -0.39 is 10.0 Å². The number of nitrogens with zero attached hydrogens (tertiary/aromatic N) is 1. The summed E-state index contributed by atoms with van der Waals surface area (Å²) in [6.45, 7) is 4.37. The molecule has 20 heavy (non-hydrogen) atoms. The lowest BCUT2D eigenvalue weighted by atomic mass is 10.1. The number of primary sulfonamides is 1. The first kappa shape index (κ1) is 16.5. The Hall–Kier alpha value is -1.58. The van der Waals surface area contributed by atoms with Crippen molar-refractivity contribution in [3.8, 4) is 11.8 Å². The predicted molar refractivity (Wildman–Crippen MR) is 77.8 cm³/mol. The summed E-state index contributed by atoms with van der Waals surface area (Å²) in [7, 11) is -3.39. The van der Waals surface area contributed by atoms with Gasteiger partial charge in [0.25, 0.3) is 0 Å². The van der Waals surface area contributed by atoms with Crippen LogP contribution in [-0.2, 0) is 10.0 Å². The first-order chi connectivity index (χ1) is 9.31. The summed E-state index contributed by atoms with van der Waals surface area (Å²) in [5.74, 6) is 0.910. The predicted octanol–water partition coefficient (Wildman–Crippen LogP) is 1.95.